The molecule has 2 rings (SSSR count). The second-order valence-electron chi connectivity index (χ2n) is 5.73. The molecule has 1 atom stereocenters. The molecule has 1 aliphatic rings. The minimum atomic E-state index is -0.0375. The van der Waals surface area contributed by atoms with Crippen LogP contribution in [0.15, 0.2) is 18.2 Å². The van der Waals surface area contributed by atoms with Gasteiger partial charge < -0.3 is 19.9 Å². The molecule has 1 aliphatic heterocycles. The standard InChI is InChI=1S/C16H25NO3/c1-4-18-14-7-5-6-12(10-17)15(14)19-11-13-8-9-16(2,3)20-13/h5-7,13H,4,8-11,17H2,1-3H3. The Hall–Kier alpha value is -1.26. The van der Waals surface area contributed by atoms with Crippen molar-refractivity contribution in [3.63, 3.8) is 0 Å². The lowest BCUT2D eigenvalue weighted by molar-refractivity contribution is -0.0330. The van der Waals surface area contributed by atoms with Gasteiger partial charge in [-0.3, -0.25) is 0 Å². The van der Waals surface area contributed by atoms with Gasteiger partial charge in [-0.05, 0) is 39.7 Å². The highest BCUT2D eigenvalue weighted by atomic mass is 16.6. The molecule has 0 radical (unpaired) electrons. The van der Waals surface area contributed by atoms with Crippen molar-refractivity contribution in [2.75, 3.05) is 13.2 Å². The van der Waals surface area contributed by atoms with Crippen molar-refractivity contribution in [3.8, 4) is 11.5 Å². The molecule has 1 aromatic carbocycles. The number of para-hydroxylation sites is 1. The molecule has 2 N–H and O–H groups in total. The Balaban J connectivity index is 2.04. The van der Waals surface area contributed by atoms with Gasteiger partial charge in [0.25, 0.3) is 0 Å². The Labute approximate surface area is 121 Å². The van der Waals surface area contributed by atoms with Gasteiger partial charge in [0.2, 0.25) is 0 Å². The van der Waals surface area contributed by atoms with Crippen LogP contribution in [0.5, 0.6) is 11.5 Å². The molecule has 1 saturated heterocycles. The topological polar surface area (TPSA) is 53.7 Å². The number of hydrogen-bond donors (Lipinski definition) is 1. The van der Waals surface area contributed by atoms with E-state index in [1.807, 2.05) is 25.1 Å². The summed E-state index contributed by atoms with van der Waals surface area (Å²) in [6, 6.07) is 5.82. The summed E-state index contributed by atoms with van der Waals surface area (Å²) in [6.07, 6.45) is 2.24. The van der Waals surface area contributed by atoms with Crippen molar-refractivity contribution in [3.05, 3.63) is 23.8 Å². The molecule has 4 nitrogen and oxygen atoms in total. The number of rotatable bonds is 6. The molecule has 1 fully saturated rings. The van der Waals surface area contributed by atoms with Gasteiger partial charge >= 0.3 is 0 Å². The van der Waals surface area contributed by atoms with E-state index in [1.165, 1.54) is 0 Å². The molecule has 20 heavy (non-hydrogen) atoms. The van der Waals surface area contributed by atoms with Crippen LogP contribution in [0.2, 0.25) is 0 Å². The van der Waals surface area contributed by atoms with E-state index in [0.717, 1.165) is 29.9 Å². The molecule has 1 unspecified atom stereocenters. The van der Waals surface area contributed by atoms with Crippen LogP contribution >= 0.6 is 0 Å². The molecule has 0 spiro atoms. The normalized spacial score (nSPS) is 20.9. The van der Waals surface area contributed by atoms with Crippen molar-refractivity contribution >= 4 is 0 Å². The fraction of sp³-hybridized carbons (Fsp3) is 0.625. The van der Waals surface area contributed by atoms with Gasteiger partial charge in [-0.25, -0.2) is 0 Å². The lowest BCUT2D eigenvalue weighted by Crippen LogP contribution is -2.24. The quantitative estimate of drug-likeness (QED) is 0.870. The van der Waals surface area contributed by atoms with E-state index in [2.05, 4.69) is 13.8 Å². The van der Waals surface area contributed by atoms with Crippen LogP contribution in [0.25, 0.3) is 0 Å². The Morgan fingerprint density at radius 2 is 2.15 bits per heavy atom. The molecule has 0 aliphatic carbocycles. The summed E-state index contributed by atoms with van der Waals surface area (Å²) in [5.41, 5.74) is 6.70. The van der Waals surface area contributed by atoms with Crippen LogP contribution < -0.4 is 15.2 Å². The van der Waals surface area contributed by atoms with E-state index in [0.29, 0.717) is 19.8 Å². The van der Waals surface area contributed by atoms with E-state index >= 15 is 0 Å². The number of hydrogen-bond acceptors (Lipinski definition) is 4. The molecular weight excluding hydrogens is 254 g/mol. The first-order valence-corrected chi connectivity index (χ1v) is 7.31. The van der Waals surface area contributed by atoms with Crippen molar-refractivity contribution < 1.29 is 14.2 Å². The van der Waals surface area contributed by atoms with Crippen LogP contribution in [-0.4, -0.2) is 24.9 Å². The lowest BCUT2D eigenvalue weighted by Gasteiger charge is -2.21. The first-order chi connectivity index (χ1) is 9.55. The van der Waals surface area contributed by atoms with Gasteiger partial charge in [0.15, 0.2) is 11.5 Å². The van der Waals surface area contributed by atoms with E-state index in [1.54, 1.807) is 0 Å². The Morgan fingerprint density at radius 1 is 1.35 bits per heavy atom. The third-order valence-corrected chi connectivity index (χ3v) is 3.55. The van der Waals surface area contributed by atoms with Crippen LogP contribution in [0.3, 0.4) is 0 Å². The molecule has 0 aromatic heterocycles. The SMILES string of the molecule is CCOc1cccc(CN)c1OCC1CCC(C)(C)O1. The number of ether oxygens (including phenoxy) is 3. The summed E-state index contributed by atoms with van der Waals surface area (Å²) < 4.78 is 17.5. The second kappa shape index (κ2) is 6.46. The number of benzene rings is 1. The Bertz CT molecular complexity index is 445. The van der Waals surface area contributed by atoms with Crippen molar-refractivity contribution in [1.29, 1.82) is 0 Å². The Morgan fingerprint density at radius 3 is 2.75 bits per heavy atom. The van der Waals surface area contributed by atoms with E-state index in [-0.39, 0.29) is 11.7 Å². The highest BCUT2D eigenvalue weighted by Crippen LogP contribution is 2.34. The van der Waals surface area contributed by atoms with E-state index in [4.69, 9.17) is 19.9 Å². The van der Waals surface area contributed by atoms with Gasteiger partial charge in [0.05, 0.1) is 18.3 Å². The second-order valence-corrected chi connectivity index (χ2v) is 5.73. The first-order valence-electron chi connectivity index (χ1n) is 7.31. The summed E-state index contributed by atoms with van der Waals surface area (Å²) in [6.45, 7) is 7.78. The van der Waals surface area contributed by atoms with Crippen molar-refractivity contribution in [2.24, 2.45) is 5.73 Å². The summed E-state index contributed by atoms with van der Waals surface area (Å²) in [7, 11) is 0. The zero-order valence-electron chi connectivity index (χ0n) is 12.6. The van der Waals surface area contributed by atoms with E-state index in [9.17, 15) is 0 Å². The minimum absolute atomic E-state index is 0.0375. The van der Waals surface area contributed by atoms with Gasteiger partial charge in [-0.1, -0.05) is 12.1 Å². The van der Waals surface area contributed by atoms with Gasteiger partial charge in [-0.15, -0.1) is 0 Å². The average molecular weight is 279 g/mol. The van der Waals surface area contributed by atoms with Gasteiger partial charge in [0.1, 0.15) is 6.61 Å². The molecule has 0 amide bonds. The summed E-state index contributed by atoms with van der Waals surface area (Å²) in [5.74, 6) is 1.51. The maximum atomic E-state index is 5.96. The van der Waals surface area contributed by atoms with Crippen LogP contribution in [-0.2, 0) is 11.3 Å². The summed E-state index contributed by atoms with van der Waals surface area (Å²) in [5, 5.41) is 0. The zero-order chi connectivity index (χ0) is 14.6. The predicted octanol–water partition coefficient (Wildman–Crippen LogP) is 2.88. The molecule has 4 heteroatoms. The molecule has 112 valence electrons. The third kappa shape index (κ3) is 3.64. The highest BCUT2D eigenvalue weighted by Gasteiger charge is 2.32. The Kier molecular flexibility index (Phi) is 4.89. The average Bonchev–Trinajstić information content (AvgIpc) is 2.77. The monoisotopic (exact) mass is 279 g/mol. The maximum absolute atomic E-state index is 5.96. The minimum Gasteiger partial charge on any atom is -0.490 e. The van der Waals surface area contributed by atoms with Crippen LogP contribution in [0.1, 0.15) is 39.2 Å². The van der Waals surface area contributed by atoms with Crippen molar-refractivity contribution in [2.45, 2.75) is 51.9 Å². The van der Waals surface area contributed by atoms with Crippen LogP contribution in [0.4, 0.5) is 0 Å². The molecule has 1 heterocycles. The van der Waals surface area contributed by atoms with Crippen molar-refractivity contribution in [1.82, 2.24) is 0 Å². The smallest absolute Gasteiger partial charge is 0.165 e. The largest absolute Gasteiger partial charge is 0.490 e. The zero-order valence-corrected chi connectivity index (χ0v) is 12.6. The fourth-order valence-corrected chi connectivity index (χ4v) is 2.53. The molecule has 1 aromatic rings. The van der Waals surface area contributed by atoms with E-state index < -0.39 is 0 Å². The lowest BCUT2D eigenvalue weighted by atomic mass is 10.1. The predicted molar refractivity (Wildman–Crippen MR) is 79.2 cm³/mol. The van der Waals surface area contributed by atoms with Gasteiger partial charge in [0, 0.05) is 12.1 Å². The van der Waals surface area contributed by atoms with Gasteiger partial charge in [-0.2, -0.15) is 0 Å². The summed E-state index contributed by atoms with van der Waals surface area (Å²) >= 11 is 0. The first kappa shape index (κ1) is 15.1. The fourth-order valence-electron chi connectivity index (χ4n) is 2.53. The summed E-state index contributed by atoms with van der Waals surface area (Å²) in [4.78, 5) is 0. The highest BCUT2D eigenvalue weighted by molar-refractivity contribution is 5.46. The third-order valence-electron chi connectivity index (χ3n) is 3.55. The number of nitrogens with two attached hydrogens (primary N) is 1. The molecule has 0 bridgehead atoms. The maximum Gasteiger partial charge on any atom is 0.165 e. The van der Waals surface area contributed by atoms with Crippen LogP contribution in [0, 0.1) is 0 Å². The molecular formula is C16H25NO3. The molecule has 0 saturated carbocycles.